The first-order valence-corrected chi connectivity index (χ1v) is 9.01. The zero-order valence-electron chi connectivity index (χ0n) is 15.2. The lowest BCUT2D eigenvalue weighted by atomic mass is 9.91. The molecule has 5 nitrogen and oxygen atoms in total. The molecule has 1 N–H and O–H groups in total. The normalized spacial score (nSPS) is 20.3. The quantitative estimate of drug-likeness (QED) is 0.745. The number of halogens is 2. The molecule has 1 unspecified atom stereocenters. The van der Waals surface area contributed by atoms with Crippen molar-refractivity contribution in [1.29, 1.82) is 0 Å². The summed E-state index contributed by atoms with van der Waals surface area (Å²) < 4.78 is 23.7. The molecule has 146 valence electrons. The molecule has 2 fully saturated rings. The van der Waals surface area contributed by atoms with Crippen LogP contribution in [0.1, 0.15) is 19.3 Å². The monoisotopic (exact) mass is 386 g/mol. The van der Waals surface area contributed by atoms with Gasteiger partial charge in [0, 0.05) is 19.6 Å². The highest BCUT2D eigenvalue weighted by molar-refractivity contribution is 5.85. The van der Waals surface area contributed by atoms with E-state index in [1.54, 1.807) is 19.2 Å². The number of carbonyl (C=O) groups excluding carboxylic acids is 1. The lowest BCUT2D eigenvalue weighted by Gasteiger charge is -2.27. The second kappa shape index (κ2) is 9.53. The fraction of sp³-hybridized carbons (Fsp3) is 0.632. The molecule has 1 aromatic carbocycles. The van der Waals surface area contributed by atoms with Crippen molar-refractivity contribution in [2.24, 2.45) is 11.3 Å². The number of amides is 1. The van der Waals surface area contributed by atoms with Crippen molar-refractivity contribution in [1.82, 2.24) is 10.2 Å². The van der Waals surface area contributed by atoms with Crippen LogP contribution in [0.25, 0.3) is 0 Å². The minimum Gasteiger partial charge on any atom is -0.492 e. The standard InChI is InChI=1S/C19H27FN2O3.ClH/c1-24-12-10-22(11-13-25-16-4-2-15(20)3-5-16)18(23)17-14-19(17)6-8-21-9-7-19;/h2-5,17,21H,6-14H2,1H3;1H. The van der Waals surface area contributed by atoms with E-state index >= 15 is 0 Å². The minimum absolute atomic E-state index is 0. The Morgan fingerprint density at radius 2 is 1.88 bits per heavy atom. The summed E-state index contributed by atoms with van der Waals surface area (Å²) in [6.07, 6.45) is 3.19. The minimum atomic E-state index is -0.287. The van der Waals surface area contributed by atoms with Crippen LogP contribution in [0, 0.1) is 17.2 Å². The van der Waals surface area contributed by atoms with Crippen molar-refractivity contribution >= 4 is 18.3 Å². The van der Waals surface area contributed by atoms with E-state index in [9.17, 15) is 9.18 Å². The summed E-state index contributed by atoms with van der Waals surface area (Å²) in [5.74, 6) is 0.700. The Labute approximate surface area is 160 Å². The van der Waals surface area contributed by atoms with Crippen molar-refractivity contribution in [3.05, 3.63) is 30.1 Å². The van der Waals surface area contributed by atoms with E-state index in [1.807, 2.05) is 4.90 Å². The molecule has 26 heavy (non-hydrogen) atoms. The number of hydrogen-bond acceptors (Lipinski definition) is 4. The van der Waals surface area contributed by atoms with E-state index in [2.05, 4.69) is 5.32 Å². The number of hydrogen-bond donors (Lipinski definition) is 1. The zero-order chi connectivity index (χ0) is 17.7. The zero-order valence-corrected chi connectivity index (χ0v) is 16.0. The fourth-order valence-electron chi connectivity index (χ4n) is 3.73. The Balaban J connectivity index is 0.00000243. The maximum absolute atomic E-state index is 12.9. The third kappa shape index (κ3) is 5.09. The van der Waals surface area contributed by atoms with Crippen molar-refractivity contribution in [3.63, 3.8) is 0 Å². The summed E-state index contributed by atoms with van der Waals surface area (Å²) >= 11 is 0. The average molecular weight is 387 g/mol. The van der Waals surface area contributed by atoms with Gasteiger partial charge in [-0.05, 0) is 62.0 Å². The summed E-state index contributed by atoms with van der Waals surface area (Å²) in [6, 6.07) is 5.94. The van der Waals surface area contributed by atoms with Crippen LogP contribution in [0.5, 0.6) is 5.75 Å². The predicted molar refractivity (Wildman–Crippen MR) is 100 cm³/mol. The maximum Gasteiger partial charge on any atom is 0.226 e. The van der Waals surface area contributed by atoms with Gasteiger partial charge in [0.2, 0.25) is 5.91 Å². The van der Waals surface area contributed by atoms with Crippen LogP contribution < -0.4 is 10.1 Å². The van der Waals surface area contributed by atoms with Crippen molar-refractivity contribution < 1.29 is 18.7 Å². The number of carbonyl (C=O) groups is 1. The van der Waals surface area contributed by atoms with E-state index in [0.29, 0.717) is 32.1 Å². The average Bonchev–Trinajstić information content (AvgIpc) is 3.32. The topological polar surface area (TPSA) is 50.8 Å². The number of nitrogens with zero attached hydrogens (tertiary/aromatic N) is 1. The van der Waals surface area contributed by atoms with E-state index < -0.39 is 0 Å². The number of piperidine rings is 1. The molecule has 1 saturated heterocycles. The van der Waals surface area contributed by atoms with Gasteiger partial charge >= 0.3 is 0 Å². The smallest absolute Gasteiger partial charge is 0.226 e. The molecule has 0 radical (unpaired) electrons. The first-order valence-electron chi connectivity index (χ1n) is 9.01. The van der Waals surface area contributed by atoms with Crippen LogP contribution in [-0.4, -0.2) is 57.3 Å². The molecule has 1 aliphatic carbocycles. The van der Waals surface area contributed by atoms with Gasteiger partial charge in [0.1, 0.15) is 18.2 Å². The molecule has 1 spiro atoms. The van der Waals surface area contributed by atoms with E-state index in [1.165, 1.54) is 12.1 Å². The first-order chi connectivity index (χ1) is 12.1. The van der Waals surface area contributed by atoms with Crippen LogP contribution in [0.4, 0.5) is 4.39 Å². The Hall–Kier alpha value is -1.37. The molecule has 3 rings (SSSR count). The van der Waals surface area contributed by atoms with Gasteiger partial charge in [-0.3, -0.25) is 4.79 Å². The molecule has 1 heterocycles. The Morgan fingerprint density at radius 3 is 2.54 bits per heavy atom. The highest BCUT2D eigenvalue weighted by Crippen LogP contribution is 2.59. The summed E-state index contributed by atoms with van der Waals surface area (Å²) in [6.45, 7) is 4.02. The van der Waals surface area contributed by atoms with Gasteiger partial charge in [-0.2, -0.15) is 0 Å². The predicted octanol–water partition coefficient (Wildman–Crippen LogP) is 2.49. The second-order valence-electron chi connectivity index (χ2n) is 6.99. The lowest BCUT2D eigenvalue weighted by molar-refractivity contribution is -0.134. The summed E-state index contributed by atoms with van der Waals surface area (Å²) in [7, 11) is 1.64. The maximum atomic E-state index is 12.9. The van der Waals surface area contributed by atoms with E-state index in [0.717, 1.165) is 32.4 Å². The number of methoxy groups -OCH3 is 1. The highest BCUT2D eigenvalue weighted by atomic mass is 35.5. The molecule has 1 saturated carbocycles. The number of benzene rings is 1. The first kappa shape index (κ1) is 20.9. The fourth-order valence-corrected chi connectivity index (χ4v) is 3.73. The Morgan fingerprint density at radius 1 is 1.23 bits per heavy atom. The molecule has 0 bridgehead atoms. The molecular weight excluding hydrogens is 359 g/mol. The van der Waals surface area contributed by atoms with Crippen molar-refractivity contribution in [2.75, 3.05) is 46.5 Å². The largest absolute Gasteiger partial charge is 0.492 e. The van der Waals surface area contributed by atoms with Gasteiger partial charge in [-0.25, -0.2) is 4.39 Å². The van der Waals surface area contributed by atoms with E-state index in [4.69, 9.17) is 9.47 Å². The van der Waals surface area contributed by atoms with Crippen molar-refractivity contribution in [2.45, 2.75) is 19.3 Å². The van der Waals surface area contributed by atoms with Crippen LogP contribution in [0.15, 0.2) is 24.3 Å². The van der Waals surface area contributed by atoms with Crippen LogP contribution >= 0.6 is 12.4 Å². The van der Waals surface area contributed by atoms with Gasteiger partial charge in [0.25, 0.3) is 0 Å². The molecule has 1 aromatic rings. The van der Waals surface area contributed by atoms with Crippen LogP contribution in [0.2, 0.25) is 0 Å². The van der Waals surface area contributed by atoms with Gasteiger partial charge < -0.3 is 19.7 Å². The van der Waals surface area contributed by atoms with E-state index in [-0.39, 0.29) is 35.5 Å². The van der Waals surface area contributed by atoms with Gasteiger partial charge in [0.15, 0.2) is 0 Å². The second-order valence-corrected chi connectivity index (χ2v) is 6.99. The molecule has 1 amide bonds. The SMILES string of the molecule is COCCN(CCOc1ccc(F)cc1)C(=O)C1CC12CCNCC2.Cl. The number of nitrogens with one attached hydrogen (secondary N) is 1. The molecule has 7 heteroatoms. The lowest BCUT2D eigenvalue weighted by Crippen LogP contribution is -2.40. The molecule has 1 aliphatic heterocycles. The Kier molecular flexibility index (Phi) is 7.68. The summed E-state index contributed by atoms with van der Waals surface area (Å²) in [5.41, 5.74) is 0.228. The van der Waals surface area contributed by atoms with Crippen molar-refractivity contribution in [3.8, 4) is 5.75 Å². The number of ether oxygens (including phenoxy) is 2. The Bertz CT molecular complexity index is 579. The van der Waals surface area contributed by atoms with Gasteiger partial charge in [-0.15, -0.1) is 12.4 Å². The third-order valence-corrected chi connectivity index (χ3v) is 5.41. The molecule has 0 aromatic heterocycles. The van der Waals surface area contributed by atoms with Gasteiger partial charge in [0.05, 0.1) is 13.2 Å². The van der Waals surface area contributed by atoms with Crippen LogP contribution in [-0.2, 0) is 9.53 Å². The molecule has 2 aliphatic rings. The third-order valence-electron chi connectivity index (χ3n) is 5.41. The summed E-state index contributed by atoms with van der Waals surface area (Å²) in [5, 5.41) is 3.37. The molecular formula is C19H28ClFN2O3. The van der Waals surface area contributed by atoms with Gasteiger partial charge in [-0.1, -0.05) is 0 Å². The number of rotatable bonds is 8. The molecule has 1 atom stereocenters. The highest BCUT2D eigenvalue weighted by Gasteiger charge is 2.58. The van der Waals surface area contributed by atoms with Crippen LogP contribution in [0.3, 0.4) is 0 Å². The summed E-state index contributed by atoms with van der Waals surface area (Å²) in [4.78, 5) is 14.8.